The van der Waals surface area contributed by atoms with Crippen LogP contribution < -0.4 is 10.2 Å². The molecule has 2 heterocycles. The normalized spacial score (nSPS) is 23.9. The molecule has 1 aliphatic heterocycles. The Hall–Kier alpha value is -0.650. The molecule has 20 heavy (non-hydrogen) atoms. The second-order valence-electron chi connectivity index (χ2n) is 5.73. The van der Waals surface area contributed by atoms with Crippen LogP contribution in [0.15, 0.2) is 0 Å². The van der Waals surface area contributed by atoms with Crippen molar-refractivity contribution in [2.75, 3.05) is 31.6 Å². The quantitative estimate of drug-likeness (QED) is 0.927. The van der Waals surface area contributed by atoms with Crippen molar-refractivity contribution >= 4 is 16.5 Å². The monoisotopic (exact) mass is 295 g/mol. The second kappa shape index (κ2) is 6.41. The van der Waals surface area contributed by atoms with E-state index in [4.69, 9.17) is 9.72 Å². The van der Waals surface area contributed by atoms with E-state index in [1.807, 2.05) is 18.4 Å². The van der Waals surface area contributed by atoms with E-state index < -0.39 is 0 Å². The van der Waals surface area contributed by atoms with Gasteiger partial charge in [-0.15, -0.1) is 0 Å². The zero-order valence-electron chi connectivity index (χ0n) is 12.5. The van der Waals surface area contributed by atoms with Gasteiger partial charge in [-0.1, -0.05) is 18.3 Å². The number of hydrogen-bond donors (Lipinski definition) is 1. The van der Waals surface area contributed by atoms with Crippen molar-refractivity contribution in [1.82, 2.24) is 10.3 Å². The van der Waals surface area contributed by atoms with Gasteiger partial charge in [-0.25, -0.2) is 4.98 Å². The molecule has 4 nitrogen and oxygen atoms in total. The van der Waals surface area contributed by atoms with Crippen LogP contribution >= 0.6 is 11.3 Å². The molecule has 5 heteroatoms. The summed E-state index contributed by atoms with van der Waals surface area (Å²) in [5.74, 6) is 0. The summed E-state index contributed by atoms with van der Waals surface area (Å²) in [6.45, 7) is 5.38. The second-order valence-corrected chi connectivity index (χ2v) is 6.74. The van der Waals surface area contributed by atoms with Crippen LogP contribution in [0.4, 0.5) is 5.13 Å². The van der Waals surface area contributed by atoms with Gasteiger partial charge in [0.05, 0.1) is 11.8 Å². The fourth-order valence-corrected chi connectivity index (χ4v) is 4.54. The number of aromatic nitrogens is 1. The van der Waals surface area contributed by atoms with E-state index in [2.05, 4.69) is 17.1 Å². The summed E-state index contributed by atoms with van der Waals surface area (Å²) in [4.78, 5) is 8.86. The Morgan fingerprint density at radius 1 is 1.35 bits per heavy atom. The lowest BCUT2D eigenvalue weighted by atomic mass is 9.98. The standard InChI is InChI=1S/C15H25N3OS/c1-3-16-12-5-4-6-13-14(12)20-15(17-13)18-9-7-11(19-2)8-10-18/h11-12,16H,3-10H2,1-2H3. The van der Waals surface area contributed by atoms with Gasteiger partial charge in [0.25, 0.3) is 0 Å². The summed E-state index contributed by atoms with van der Waals surface area (Å²) < 4.78 is 5.45. The van der Waals surface area contributed by atoms with Gasteiger partial charge in [0.1, 0.15) is 0 Å². The van der Waals surface area contributed by atoms with Crippen molar-refractivity contribution in [1.29, 1.82) is 0 Å². The maximum atomic E-state index is 5.45. The van der Waals surface area contributed by atoms with Gasteiger partial charge < -0.3 is 15.0 Å². The van der Waals surface area contributed by atoms with Gasteiger partial charge in [-0.05, 0) is 38.6 Å². The largest absolute Gasteiger partial charge is 0.381 e. The van der Waals surface area contributed by atoms with E-state index in [1.54, 1.807) is 0 Å². The highest BCUT2D eigenvalue weighted by Crippen LogP contribution is 2.38. The van der Waals surface area contributed by atoms with Crippen molar-refractivity contribution < 1.29 is 4.74 Å². The first-order valence-electron chi connectivity index (χ1n) is 7.82. The highest BCUT2D eigenvalue weighted by Gasteiger charge is 2.27. The molecule has 0 aromatic carbocycles. The summed E-state index contributed by atoms with van der Waals surface area (Å²) in [6.07, 6.45) is 6.36. The van der Waals surface area contributed by atoms with Crippen LogP contribution in [-0.2, 0) is 11.2 Å². The van der Waals surface area contributed by atoms with Crippen LogP contribution in [0.1, 0.15) is 49.2 Å². The fourth-order valence-electron chi connectivity index (χ4n) is 3.27. The number of nitrogens with zero attached hydrogens (tertiary/aromatic N) is 2. The van der Waals surface area contributed by atoms with Gasteiger partial charge in [0.15, 0.2) is 5.13 Å². The number of methoxy groups -OCH3 is 1. The fraction of sp³-hybridized carbons (Fsp3) is 0.800. The Bertz CT molecular complexity index is 440. The van der Waals surface area contributed by atoms with Gasteiger partial charge >= 0.3 is 0 Å². The number of fused-ring (bicyclic) bond motifs is 1. The molecule has 0 saturated carbocycles. The Labute approximate surface area is 125 Å². The van der Waals surface area contributed by atoms with E-state index in [1.165, 1.54) is 28.5 Å². The van der Waals surface area contributed by atoms with E-state index in [-0.39, 0.29) is 0 Å². The maximum Gasteiger partial charge on any atom is 0.185 e. The smallest absolute Gasteiger partial charge is 0.185 e. The van der Waals surface area contributed by atoms with Gasteiger partial charge in [-0.2, -0.15) is 0 Å². The number of ether oxygens (including phenoxy) is 1. The molecule has 1 N–H and O–H groups in total. The molecule has 1 fully saturated rings. The summed E-state index contributed by atoms with van der Waals surface area (Å²) in [7, 11) is 1.82. The molecule has 2 aliphatic rings. The minimum Gasteiger partial charge on any atom is -0.381 e. The third-order valence-electron chi connectivity index (χ3n) is 4.44. The highest BCUT2D eigenvalue weighted by atomic mass is 32.1. The van der Waals surface area contributed by atoms with Crippen molar-refractivity contribution in [2.45, 2.75) is 51.2 Å². The summed E-state index contributed by atoms with van der Waals surface area (Å²) in [5, 5.41) is 4.84. The topological polar surface area (TPSA) is 37.4 Å². The van der Waals surface area contributed by atoms with Crippen LogP contribution in [0.25, 0.3) is 0 Å². The zero-order valence-corrected chi connectivity index (χ0v) is 13.3. The first-order valence-corrected chi connectivity index (χ1v) is 8.64. The average molecular weight is 295 g/mol. The molecule has 112 valence electrons. The number of hydrogen-bond acceptors (Lipinski definition) is 5. The molecular weight excluding hydrogens is 270 g/mol. The molecule has 1 saturated heterocycles. The molecule has 0 spiro atoms. The molecule has 0 radical (unpaired) electrons. The predicted molar refractivity (Wildman–Crippen MR) is 83.7 cm³/mol. The molecule has 0 amide bonds. The number of rotatable bonds is 4. The molecular formula is C15H25N3OS. The lowest BCUT2D eigenvalue weighted by Gasteiger charge is -2.30. The van der Waals surface area contributed by atoms with Crippen molar-refractivity contribution in [2.24, 2.45) is 0 Å². The van der Waals surface area contributed by atoms with Crippen molar-refractivity contribution in [3.05, 3.63) is 10.6 Å². The van der Waals surface area contributed by atoms with Crippen molar-refractivity contribution in [3.63, 3.8) is 0 Å². The highest BCUT2D eigenvalue weighted by molar-refractivity contribution is 7.15. The first-order chi connectivity index (χ1) is 9.81. The van der Waals surface area contributed by atoms with Crippen LogP contribution in [-0.4, -0.2) is 37.8 Å². The van der Waals surface area contributed by atoms with Gasteiger partial charge in [0.2, 0.25) is 0 Å². The van der Waals surface area contributed by atoms with Crippen LogP contribution in [0, 0.1) is 0 Å². The summed E-state index contributed by atoms with van der Waals surface area (Å²) >= 11 is 1.91. The molecule has 1 aliphatic carbocycles. The SMILES string of the molecule is CCNC1CCCc2nc(N3CCC(OC)CC3)sc21. The Balaban J connectivity index is 1.72. The van der Waals surface area contributed by atoms with Gasteiger partial charge in [0, 0.05) is 31.1 Å². The van der Waals surface area contributed by atoms with Crippen LogP contribution in [0.3, 0.4) is 0 Å². The first kappa shape index (κ1) is 14.3. The van der Waals surface area contributed by atoms with Crippen molar-refractivity contribution in [3.8, 4) is 0 Å². The van der Waals surface area contributed by atoms with Gasteiger partial charge in [-0.3, -0.25) is 0 Å². The molecule has 0 bridgehead atoms. The number of aryl methyl sites for hydroxylation is 1. The average Bonchev–Trinajstić information content (AvgIpc) is 2.93. The van der Waals surface area contributed by atoms with E-state index in [0.29, 0.717) is 12.1 Å². The maximum absolute atomic E-state index is 5.45. The Morgan fingerprint density at radius 2 is 2.15 bits per heavy atom. The number of nitrogens with one attached hydrogen (secondary N) is 1. The lowest BCUT2D eigenvalue weighted by molar-refractivity contribution is 0.0819. The number of anilines is 1. The predicted octanol–water partition coefficient (Wildman–Crippen LogP) is 2.75. The summed E-state index contributed by atoms with van der Waals surface area (Å²) in [5.41, 5.74) is 1.34. The third kappa shape index (κ3) is 2.85. The Morgan fingerprint density at radius 3 is 2.85 bits per heavy atom. The zero-order chi connectivity index (χ0) is 13.9. The van der Waals surface area contributed by atoms with Crippen LogP contribution in [0.5, 0.6) is 0 Å². The van der Waals surface area contributed by atoms with E-state index in [0.717, 1.165) is 38.9 Å². The molecule has 1 aromatic rings. The van der Waals surface area contributed by atoms with E-state index >= 15 is 0 Å². The molecule has 3 rings (SSSR count). The summed E-state index contributed by atoms with van der Waals surface area (Å²) in [6, 6.07) is 0.534. The van der Waals surface area contributed by atoms with E-state index in [9.17, 15) is 0 Å². The molecule has 1 atom stereocenters. The Kier molecular flexibility index (Phi) is 4.58. The minimum atomic E-state index is 0.440. The molecule has 1 unspecified atom stereocenters. The van der Waals surface area contributed by atoms with Crippen LogP contribution in [0.2, 0.25) is 0 Å². The molecule has 1 aromatic heterocycles. The lowest BCUT2D eigenvalue weighted by Crippen LogP contribution is -2.36. The number of thiazole rings is 1. The number of piperidine rings is 1. The third-order valence-corrected chi connectivity index (χ3v) is 5.71. The minimum absolute atomic E-state index is 0.440.